The molecule has 0 aliphatic rings. The van der Waals surface area contributed by atoms with Gasteiger partial charge in [-0.15, -0.1) is 0 Å². The second kappa shape index (κ2) is 6.30. The summed E-state index contributed by atoms with van der Waals surface area (Å²) in [7, 11) is 1.80. The molecule has 0 radical (unpaired) electrons. The smallest absolute Gasteiger partial charge is 0.295 e. The van der Waals surface area contributed by atoms with Crippen LogP contribution in [0.25, 0.3) is 5.69 Å². The van der Waals surface area contributed by atoms with Gasteiger partial charge in [-0.25, -0.2) is 4.68 Å². The zero-order valence-corrected chi connectivity index (χ0v) is 13.8. The number of hydrogen-bond acceptors (Lipinski definition) is 2. The molecule has 0 fully saturated rings. The number of rotatable bonds is 4. The summed E-state index contributed by atoms with van der Waals surface area (Å²) in [6.45, 7) is 3.71. The number of nitrogens with zero attached hydrogens (tertiary/aromatic N) is 2. The first-order chi connectivity index (χ1) is 9.97. The number of anilines is 1. The Morgan fingerprint density at radius 3 is 2.52 bits per heavy atom. The average molecular weight is 352 g/mol. The van der Waals surface area contributed by atoms with Crippen LogP contribution in [-0.4, -0.2) is 20.1 Å². The van der Waals surface area contributed by atoms with E-state index in [1.54, 1.807) is 16.4 Å². The minimum Gasteiger partial charge on any atom is -0.319 e. The van der Waals surface area contributed by atoms with Gasteiger partial charge in [-0.05, 0) is 25.5 Å². The van der Waals surface area contributed by atoms with E-state index in [-0.39, 0.29) is 16.3 Å². The third kappa shape index (κ3) is 2.95. The Bertz CT molecular complexity index is 704. The van der Waals surface area contributed by atoms with Gasteiger partial charge in [0.15, 0.2) is 0 Å². The van der Waals surface area contributed by atoms with Crippen LogP contribution in [0.15, 0.2) is 35.1 Å². The molecule has 1 heterocycles. The normalized spacial score (nSPS) is 12.2. The van der Waals surface area contributed by atoms with Crippen molar-refractivity contribution in [2.24, 2.45) is 7.05 Å². The summed E-state index contributed by atoms with van der Waals surface area (Å²) in [5.74, 6) is -0.205. The van der Waals surface area contributed by atoms with Crippen molar-refractivity contribution in [1.82, 2.24) is 9.36 Å². The Morgan fingerprint density at radius 1 is 1.33 bits per heavy atom. The van der Waals surface area contributed by atoms with Crippen LogP contribution in [0, 0.1) is 6.92 Å². The molecule has 6 heteroatoms. The number of amides is 1. The highest BCUT2D eigenvalue weighted by atomic mass is 79.9. The maximum absolute atomic E-state index is 12.6. The van der Waals surface area contributed by atoms with E-state index >= 15 is 0 Å². The molecule has 0 bridgehead atoms. The fraction of sp³-hybridized carbons (Fsp3) is 0.333. The molecule has 1 unspecified atom stereocenters. The summed E-state index contributed by atoms with van der Waals surface area (Å²) < 4.78 is 3.28. The van der Waals surface area contributed by atoms with E-state index < -0.39 is 0 Å². The molecule has 1 aromatic carbocycles. The maximum atomic E-state index is 12.6. The van der Waals surface area contributed by atoms with E-state index in [4.69, 9.17) is 0 Å². The molecule has 5 nitrogen and oxygen atoms in total. The van der Waals surface area contributed by atoms with Gasteiger partial charge in [0.05, 0.1) is 16.2 Å². The number of hydrogen-bond donors (Lipinski definition) is 1. The molecule has 112 valence electrons. The SMILES string of the molecule is CCC(Br)C(=O)Nc1c(C)n(C)n(-c2ccccc2)c1=O. The van der Waals surface area contributed by atoms with Crippen molar-refractivity contribution < 1.29 is 4.79 Å². The fourth-order valence-corrected chi connectivity index (χ4v) is 2.21. The lowest BCUT2D eigenvalue weighted by Gasteiger charge is -2.07. The highest BCUT2D eigenvalue weighted by molar-refractivity contribution is 9.10. The number of para-hydroxylation sites is 1. The Balaban J connectivity index is 2.47. The van der Waals surface area contributed by atoms with Gasteiger partial charge < -0.3 is 5.32 Å². The number of alkyl halides is 1. The number of carbonyl (C=O) groups excluding carboxylic acids is 1. The number of nitrogens with one attached hydrogen (secondary N) is 1. The van der Waals surface area contributed by atoms with Crippen molar-refractivity contribution in [2.75, 3.05) is 5.32 Å². The van der Waals surface area contributed by atoms with Crippen molar-refractivity contribution in [1.29, 1.82) is 0 Å². The van der Waals surface area contributed by atoms with Gasteiger partial charge in [-0.3, -0.25) is 14.3 Å². The molecule has 1 N–H and O–H groups in total. The van der Waals surface area contributed by atoms with Gasteiger partial charge in [-0.1, -0.05) is 41.1 Å². The summed E-state index contributed by atoms with van der Waals surface area (Å²) in [5, 5.41) is 2.72. The quantitative estimate of drug-likeness (QED) is 0.860. The predicted octanol–water partition coefficient (Wildman–Crippen LogP) is 2.60. The Labute approximate surface area is 131 Å². The monoisotopic (exact) mass is 351 g/mol. The lowest BCUT2D eigenvalue weighted by Crippen LogP contribution is -2.26. The lowest BCUT2D eigenvalue weighted by molar-refractivity contribution is -0.115. The Hall–Kier alpha value is -1.82. The first-order valence-electron chi connectivity index (χ1n) is 6.76. The van der Waals surface area contributed by atoms with Gasteiger partial charge in [0, 0.05) is 7.05 Å². The van der Waals surface area contributed by atoms with Gasteiger partial charge in [0.1, 0.15) is 5.69 Å². The minimum absolute atomic E-state index is 0.205. The first-order valence-corrected chi connectivity index (χ1v) is 7.67. The second-order valence-corrected chi connectivity index (χ2v) is 5.91. The summed E-state index contributed by atoms with van der Waals surface area (Å²) >= 11 is 3.29. The summed E-state index contributed by atoms with van der Waals surface area (Å²) in [5.41, 5.74) is 1.57. The van der Waals surface area contributed by atoms with Crippen molar-refractivity contribution in [2.45, 2.75) is 25.1 Å². The van der Waals surface area contributed by atoms with Crippen LogP contribution < -0.4 is 10.9 Å². The van der Waals surface area contributed by atoms with E-state index in [1.807, 2.05) is 44.2 Å². The van der Waals surface area contributed by atoms with Crippen LogP contribution in [-0.2, 0) is 11.8 Å². The van der Waals surface area contributed by atoms with Crippen molar-refractivity contribution in [3.63, 3.8) is 0 Å². The predicted molar refractivity (Wildman–Crippen MR) is 87.4 cm³/mol. The molecule has 2 aromatic rings. The zero-order valence-electron chi connectivity index (χ0n) is 12.3. The molecule has 2 rings (SSSR count). The molecule has 1 amide bonds. The van der Waals surface area contributed by atoms with Crippen LogP contribution in [0.4, 0.5) is 5.69 Å². The molecule has 1 aromatic heterocycles. The number of aromatic nitrogens is 2. The highest BCUT2D eigenvalue weighted by Gasteiger charge is 2.20. The van der Waals surface area contributed by atoms with Crippen LogP contribution in [0.2, 0.25) is 0 Å². The molecular weight excluding hydrogens is 334 g/mol. The summed E-state index contributed by atoms with van der Waals surface area (Å²) in [4.78, 5) is 24.3. The van der Waals surface area contributed by atoms with E-state index in [0.717, 1.165) is 5.69 Å². The number of benzene rings is 1. The van der Waals surface area contributed by atoms with E-state index in [1.165, 1.54) is 0 Å². The average Bonchev–Trinajstić information content (AvgIpc) is 2.71. The standard InChI is InChI=1S/C15H18BrN3O2/c1-4-12(16)14(20)17-13-10(2)18(3)19(15(13)21)11-8-6-5-7-9-11/h5-9,12H,4H2,1-3H3,(H,17,20). The first kappa shape index (κ1) is 15.6. The van der Waals surface area contributed by atoms with Gasteiger partial charge in [-0.2, -0.15) is 0 Å². The lowest BCUT2D eigenvalue weighted by atomic mass is 10.3. The summed E-state index contributed by atoms with van der Waals surface area (Å²) in [6.07, 6.45) is 0.657. The zero-order chi connectivity index (χ0) is 15.6. The molecule has 0 spiro atoms. The van der Waals surface area contributed by atoms with Crippen LogP contribution in [0.3, 0.4) is 0 Å². The Morgan fingerprint density at radius 2 is 1.95 bits per heavy atom. The van der Waals surface area contributed by atoms with Gasteiger partial charge in [0.25, 0.3) is 5.56 Å². The number of halogens is 1. The van der Waals surface area contributed by atoms with Crippen LogP contribution in [0.1, 0.15) is 19.0 Å². The topological polar surface area (TPSA) is 56.0 Å². The van der Waals surface area contributed by atoms with Gasteiger partial charge >= 0.3 is 0 Å². The number of carbonyl (C=O) groups is 1. The van der Waals surface area contributed by atoms with Crippen LogP contribution in [0.5, 0.6) is 0 Å². The molecule has 0 saturated carbocycles. The highest BCUT2D eigenvalue weighted by Crippen LogP contribution is 2.15. The molecule has 1 atom stereocenters. The third-order valence-electron chi connectivity index (χ3n) is 3.45. The second-order valence-electron chi connectivity index (χ2n) is 4.80. The molecule has 21 heavy (non-hydrogen) atoms. The Kier molecular flexibility index (Phi) is 4.67. The van der Waals surface area contributed by atoms with E-state index in [0.29, 0.717) is 17.8 Å². The molecular formula is C15H18BrN3O2. The third-order valence-corrected chi connectivity index (χ3v) is 4.51. The van der Waals surface area contributed by atoms with E-state index in [2.05, 4.69) is 21.2 Å². The van der Waals surface area contributed by atoms with Crippen LogP contribution >= 0.6 is 15.9 Å². The maximum Gasteiger partial charge on any atom is 0.295 e. The van der Waals surface area contributed by atoms with Gasteiger partial charge in [0.2, 0.25) is 5.91 Å². The molecule has 0 saturated heterocycles. The molecule has 0 aliphatic heterocycles. The minimum atomic E-state index is -0.304. The largest absolute Gasteiger partial charge is 0.319 e. The van der Waals surface area contributed by atoms with Crippen molar-refractivity contribution in [3.05, 3.63) is 46.4 Å². The van der Waals surface area contributed by atoms with E-state index in [9.17, 15) is 9.59 Å². The van der Waals surface area contributed by atoms with Crippen molar-refractivity contribution >= 4 is 27.5 Å². The van der Waals surface area contributed by atoms with Crippen molar-refractivity contribution in [3.8, 4) is 5.69 Å². The summed E-state index contributed by atoms with van der Waals surface area (Å²) in [6, 6.07) is 9.34. The molecule has 0 aliphatic carbocycles. The fourth-order valence-electron chi connectivity index (χ4n) is 2.10.